The summed E-state index contributed by atoms with van der Waals surface area (Å²) < 4.78 is 0. The first-order valence-corrected chi connectivity index (χ1v) is 6.16. The van der Waals surface area contributed by atoms with Crippen LogP contribution in [0.4, 0.5) is 0 Å². The maximum atomic E-state index is 11.7. The van der Waals surface area contributed by atoms with Crippen LogP contribution >= 0.6 is 0 Å². The van der Waals surface area contributed by atoms with Crippen molar-refractivity contribution in [3.63, 3.8) is 0 Å². The summed E-state index contributed by atoms with van der Waals surface area (Å²) in [5, 5.41) is 11.7. The number of hydrogen-bond acceptors (Lipinski definition) is 3. The predicted molar refractivity (Wildman–Crippen MR) is 60.5 cm³/mol. The Bertz CT molecular complexity index is 310. The van der Waals surface area contributed by atoms with Crippen molar-refractivity contribution in [1.82, 2.24) is 10.2 Å². The van der Waals surface area contributed by atoms with Gasteiger partial charge < -0.3 is 5.32 Å². The fourth-order valence-electron chi connectivity index (χ4n) is 2.78. The quantitative estimate of drug-likeness (QED) is 0.753. The Hall–Kier alpha value is -1.08. The Morgan fingerprint density at radius 2 is 2.25 bits per heavy atom. The van der Waals surface area contributed by atoms with Gasteiger partial charge in [-0.15, -0.1) is 0 Å². The molecular formula is C12H19N3O. The van der Waals surface area contributed by atoms with Crippen LogP contribution in [0.2, 0.25) is 0 Å². The number of fused-ring (bicyclic) bond motifs is 1. The lowest BCUT2D eigenvalue weighted by Crippen LogP contribution is -2.47. The van der Waals surface area contributed by atoms with E-state index < -0.39 is 5.92 Å². The van der Waals surface area contributed by atoms with Crippen molar-refractivity contribution in [3.8, 4) is 6.07 Å². The molecule has 0 aromatic carbocycles. The Morgan fingerprint density at radius 3 is 3.00 bits per heavy atom. The molecule has 1 amide bonds. The lowest BCUT2D eigenvalue weighted by Gasteiger charge is -2.32. The lowest BCUT2D eigenvalue weighted by molar-refractivity contribution is -0.123. The van der Waals surface area contributed by atoms with Crippen LogP contribution in [-0.2, 0) is 4.79 Å². The molecule has 3 atom stereocenters. The van der Waals surface area contributed by atoms with Gasteiger partial charge in [0.1, 0.15) is 5.92 Å². The SMILES string of the molecule is CC(C#N)C(=O)NC1CCN2CCCCC12. The molecule has 0 radical (unpaired) electrons. The maximum absolute atomic E-state index is 11.7. The minimum absolute atomic E-state index is 0.111. The first kappa shape index (κ1) is 11.4. The zero-order valence-electron chi connectivity index (χ0n) is 9.78. The summed E-state index contributed by atoms with van der Waals surface area (Å²) in [6.07, 6.45) is 4.77. The van der Waals surface area contributed by atoms with Crippen LogP contribution in [0.25, 0.3) is 0 Å². The van der Waals surface area contributed by atoms with Gasteiger partial charge in [0.25, 0.3) is 0 Å². The summed E-state index contributed by atoms with van der Waals surface area (Å²) in [6, 6.07) is 2.77. The Labute approximate surface area is 96.6 Å². The van der Waals surface area contributed by atoms with E-state index >= 15 is 0 Å². The highest BCUT2D eigenvalue weighted by Gasteiger charge is 2.36. The number of amides is 1. The van der Waals surface area contributed by atoms with Crippen LogP contribution in [0.5, 0.6) is 0 Å². The van der Waals surface area contributed by atoms with E-state index in [1.807, 2.05) is 6.07 Å². The molecular weight excluding hydrogens is 202 g/mol. The van der Waals surface area contributed by atoms with Gasteiger partial charge in [0.05, 0.1) is 6.07 Å². The molecule has 0 aromatic rings. The topological polar surface area (TPSA) is 56.1 Å². The second kappa shape index (κ2) is 4.84. The number of piperidine rings is 1. The van der Waals surface area contributed by atoms with Gasteiger partial charge in [-0.1, -0.05) is 6.42 Å². The highest BCUT2D eigenvalue weighted by molar-refractivity contribution is 5.81. The number of carbonyl (C=O) groups excluding carboxylic acids is 1. The number of nitriles is 1. The van der Waals surface area contributed by atoms with Gasteiger partial charge in [0, 0.05) is 18.6 Å². The fourth-order valence-corrected chi connectivity index (χ4v) is 2.78. The Kier molecular flexibility index (Phi) is 3.45. The second-order valence-electron chi connectivity index (χ2n) is 4.85. The summed E-state index contributed by atoms with van der Waals surface area (Å²) in [5.41, 5.74) is 0. The summed E-state index contributed by atoms with van der Waals surface area (Å²) in [4.78, 5) is 14.1. The normalized spacial score (nSPS) is 31.5. The third kappa shape index (κ3) is 2.19. The van der Waals surface area contributed by atoms with Crippen molar-refractivity contribution in [1.29, 1.82) is 5.26 Å². The summed E-state index contributed by atoms with van der Waals surface area (Å²) in [5.74, 6) is -0.641. The van der Waals surface area contributed by atoms with E-state index in [-0.39, 0.29) is 11.9 Å². The highest BCUT2D eigenvalue weighted by Crippen LogP contribution is 2.27. The molecule has 2 heterocycles. The van der Waals surface area contributed by atoms with Crippen molar-refractivity contribution in [2.45, 2.75) is 44.7 Å². The van der Waals surface area contributed by atoms with Gasteiger partial charge in [-0.05, 0) is 32.7 Å². The molecule has 3 unspecified atom stereocenters. The molecule has 4 heteroatoms. The van der Waals surface area contributed by atoms with E-state index in [4.69, 9.17) is 5.26 Å². The van der Waals surface area contributed by atoms with Crippen molar-refractivity contribution in [2.75, 3.05) is 13.1 Å². The minimum atomic E-state index is -0.530. The minimum Gasteiger partial charge on any atom is -0.351 e. The molecule has 2 saturated heterocycles. The highest BCUT2D eigenvalue weighted by atomic mass is 16.1. The molecule has 2 aliphatic rings. The van der Waals surface area contributed by atoms with Crippen LogP contribution in [0.3, 0.4) is 0 Å². The molecule has 1 N–H and O–H groups in total. The van der Waals surface area contributed by atoms with Gasteiger partial charge in [-0.3, -0.25) is 9.69 Å². The molecule has 2 aliphatic heterocycles. The molecule has 4 nitrogen and oxygen atoms in total. The molecule has 0 aromatic heterocycles. The molecule has 16 heavy (non-hydrogen) atoms. The lowest BCUT2D eigenvalue weighted by atomic mass is 9.98. The van der Waals surface area contributed by atoms with Crippen LogP contribution in [-0.4, -0.2) is 36.0 Å². The number of rotatable bonds is 2. The average molecular weight is 221 g/mol. The van der Waals surface area contributed by atoms with Gasteiger partial charge in [0.15, 0.2) is 0 Å². The van der Waals surface area contributed by atoms with Crippen molar-refractivity contribution < 1.29 is 4.79 Å². The van der Waals surface area contributed by atoms with Gasteiger partial charge in [0.2, 0.25) is 5.91 Å². The van der Waals surface area contributed by atoms with E-state index in [0.29, 0.717) is 6.04 Å². The van der Waals surface area contributed by atoms with Crippen molar-refractivity contribution in [3.05, 3.63) is 0 Å². The zero-order chi connectivity index (χ0) is 11.5. The fraction of sp³-hybridized carbons (Fsp3) is 0.833. The number of hydrogen-bond donors (Lipinski definition) is 1. The maximum Gasteiger partial charge on any atom is 0.237 e. The van der Waals surface area contributed by atoms with Crippen LogP contribution in [0, 0.1) is 17.2 Å². The van der Waals surface area contributed by atoms with Crippen LogP contribution in [0.15, 0.2) is 0 Å². The molecule has 2 rings (SSSR count). The summed E-state index contributed by atoms with van der Waals surface area (Å²) in [6.45, 7) is 3.92. The van der Waals surface area contributed by atoms with E-state index in [1.54, 1.807) is 6.92 Å². The molecule has 0 bridgehead atoms. The third-order valence-corrected chi connectivity index (χ3v) is 3.77. The van der Waals surface area contributed by atoms with Crippen molar-refractivity contribution in [2.24, 2.45) is 5.92 Å². The van der Waals surface area contributed by atoms with Gasteiger partial charge in [-0.25, -0.2) is 0 Å². The molecule has 88 valence electrons. The van der Waals surface area contributed by atoms with E-state index in [0.717, 1.165) is 13.0 Å². The zero-order valence-corrected chi connectivity index (χ0v) is 9.78. The van der Waals surface area contributed by atoms with Gasteiger partial charge in [-0.2, -0.15) is 5.26 Å². The average Bonchev–Trinajstić information content (AvgIpc) is 2.72. The standard InChI is InChI=1S/C12H19N3O/c1-9(8-13)12(16)14-10-5-7-15-6-3-2-4-11(10)15/h9-11H,2-7H2,1H3,(H,14,16). The number of nitrogens with one attached hydrogen (secondary N) is 1. The molecule has 0 spiro atoms. The smallest absolute Gasteiger partial charge is 0.237 e. The monoisotopic (exact) mass is 221 g/mol. The summed E-state index contributed by atoms with van der Waals surface area (Å²) in [7, 11) is 0. The second-order valence-corrected chi connectivity index (χ2v) is 4.85. The third-order valence-electron chi connectivity index (χ3n) is 3.77. The van der Waals surface area contributed by atoms with Crippen molar-refractivity contribution >= 4 is 5.91 Å². The first-order chi connectivity index (χ1) is 7.72. The molecule has 2 fully saturated rings. The largest absolute Gasteiger partial charge is 0.351 e. The van der Waals surface area contributed by atoms with E-state index in [2.05, 4.69) is 10.2 Å². The predicted octanol–water partition coefficient (Wildman–Crippen LogP) is 0.889. The van der Waals surface area contributed by atoms with E-state index in [9.17, 15) is 4.79 Å². The number of carbonyl (C=O) groups is 1. The van der Waals surface area contributed by atoms with Crippen LogP contribution in [0.1, 0.15) is 32.6 Å². The van der Waals surface area contributed by atoms with E-state index in [1.165, 1.54) is 25.8 Å². The van der Waals surface area contributed by atoms with Gasteiger partial charge >= 0.3 is 0 Å². The molecule has 0 aliphatic carbocycles. The first-order valence-electron chi connectivity index (χ1n) is 6.16. The number of nitrogens with zero attached hydrogens (tertiary/aromatic N) is 2. The Balaban J connectivity index is 1.91. The Morgan fingerprint density at radius 1 is 1.44 bits per heavy atom. The molecule has 0 saturated carbocycles. The summed E-state index contributed by atoms with van der Waals surface area (Å²) >= 11 is 0. The van der Waals surface area contributed by atoms with Crippen LogP contribution < -0.4 is 5.32 Å².